The van der Waals surface area contributed by atoms with E-state index < -0.39 is 11.9 Å². The third-order valence-electron chi connectivity index (χ3n) is 4.44. The van der Waals surface area contributed by atoms with Crippen LogP contribution >= 0.6 is 11.3 Å². The maximum Gasteiger partial charge on any atom is 0.341 e. The Bertz CT molecular complexity index is 860. The lowest BCUT2D eigenvalue weighted by Gasteiger charge is -2.07. The molecule has 3 N–H and O–H groups in total. The van der Waals surface area contributed by atoms with Crippen LogP contribution < -0.4 is 11.1 Å². The molecule has 1 fully saturated rings. The molecule has 2 aromatic rings. The molecule has 1 heterocycles. The Balaban J connectivity index is 1.81. The van der Waals surface area contributed by atoms with Crippen molar-refractivity contribution in [2.24, 2.45) is 11.7 Å². The van der Waals surface area contributed by atoms with Gasteiger partial charge in [0.2, 0.25) is 5.91 Å². The predicted molar refractivity (Wildman–Crippen MR) is 99.5 cm³/mol. The van der Waals surface area contributed by atoms with Crippen molar-refractivity contribution in [2.45, 2.75) is 26.2 Å². The van der Waals surface area contributed by atoms with Gasteiger partial charge in [0.05, 0.1) is 17.0 Å². The average molecular weight is 372 g/mol. The molecule has 1 saturated carbocycles. The second-order valence-corrected chi connectivity index (χ2v) is 7.21. The summed E-state index contributed by atoms with van der Waals surface area (Å²) in [5.41, 5.74) is 7.14. The van der Waals surface area contributed by atoms with Gasteiger partial charge in [0.1, 0.15) is 5.00 Å². The standard InChI is InChI=1S/C19H20N2O4S/c1-3-25-19(24)14-10(2)15(16(20)22)26-18(14)21-17(23)13-9-12(13)11-7-5-4-6-8-11/h4-8,12-13H,3,9H2,1-2H3,(H2,20,22)(H,21,23)/t12-,13+/m1/s1. The highest BCUT2D eigenvalue weighted by Gasteiger charge is 2.44. The summed E-state index contributed by atoms with van der Waals surface area (Å²) in [5.74, 6) is -1.33. The first kappa shape index (κ1) is 18.1. The Hall–Kier alpha value is -2.67. The van der Waals surface area contributed by atoms with E-state index in [1.54, 1.807) is 13.8 Å². The van der Waals surface area contributed by atoms with Crippen molar-refractivity contribution in [1.29, 1.82) is 0 Å². The van der Waals surface area contributed by atoms with Gasteiger partial charge < -0.3 is 15.8 Å². The van der Waals surface area contributed by atoms with Crippen molar-refractivity contribution in [1.82, 2.24) is 0 Å². The highest BCUT2D eigenvalue weighted by Crippen LogP contribution is 2.48. The first-order valence-electron chi connectivity index (χ1n) is 8.40. The number of thiophene rings is 1. The van der Waals surface area contributed by atoms with E-state index in [0.29, 0.717) is 10.6 Å². The average Bonchev–Trinajstić information content (AvgIpc) is 3.34. The first-order chi connectivity index (χ1) is 12.4. The monoisotopic (exact) mass is 372 g/mol. The Morgan fingerprint density at radius 2 is 1.96 bits per heavy atom. The van der Waals surface area contributed by atoms with Crippen LogP contribution in [-0.4, -0.2) is 24.4 Å². The Morgan fingerprint density at radius 1 is 1.27 bits per heavy atom. The summed E-state index contributed by atoms with van der Waals surface area (Å²) in [5, 5.41) is 3.12. The van der Waals surface area contributed by atoms with Gasteiger partial charge in [-0.3, -0.25) is 9.59 Å². The van der Waals surface area contributed by atoms with Crippen LogP contribution in [0.25, 0.3) is 0 Å². The van der Waals surface area contributed by atoms with Crippen LogP contribution in [0.4, 0.5) is 5.00 Å². The normalized spacial score (nSPS) is 18.2. The number of hydrogen-bond donors (Lipinski definition) is 2. The largest absolute Gasteiger partial charge is 0.462 e. The summed E-state index contributed by atoms with van der Waals surface area (Å²) in [6.45, 7) is 3.52. The zero-order valence-electron chi connectivity index (χ0n) is 14.6. The van der Waals surface area contributed by atoms with Crippen LogP contribution in [0.15, 0.2) is 30.3 Å². The summed E-state index contributed by atoms with van der Waals surface area (Å²) >= 11 is 1.01. The molecule has 1 aromatic carbocycles. The molecule has 0 unspecified atom stereocenters. The summed E-state index contributed by atoms with van der Waals surface area (Å²) in [7, 11) is 0. The molecule has 2 amide bonds. The van der Waals surface area contributed by atoms with Gasteiger partial charge in [-0.15, -0.1) is 11.3 Å². The molecule has 6 nitrogen and oxygen atoms in total. The molecule has 3 rings (SSSR count). The molecule has 0 bridgehead atoms. The minimum Gasteiger partial charge on any atom is -0.462 e. The number of esters is 1. The Labute approximate surface area is 155 Å². The number of carbonyl (C=O) groups is 3. The number of primary amides is 1. The van der Waals surface area contributed by atoms with E-state index in [2.05, 4.69) is 5.32 Å². The minimum absolute atomic E-state index is 0.146. The van der Waals surface area contributed by atoms with Gasteiger partial charge in [-0.05, 0) is 37.3 Å². The van der Waals surface area contributed by atoms with Crippen LogP contribution in [0.5, 0.6) is 0 Å². The van der Waals surface area contributed by atoms with E-state index in [1.807, 2.05) is 30.3 Å². The molecule has 0 aliphatic heterocycles. The topological polar surface area (TPSA) is 98.5 Å². The number of anilines is 1. The molecule has 2 atom stereocenters. The molecule has 136 valence electrons. The van der Waals surface area contributed by atoms with Gasteiger partial charge in [0, 0.05) is 5.92 Å². The second-order valence-electron chi connectivity index (χ2n) is 6.19. The SMILES string of the molecule is CCOC(=O)c1c(NC(=O)[C@H]2C[C@@H]2c2ccccc2)sc(C(N)=O)c1C. The summed E-state index contributed by atoms with van der Waals surface area (Å²) < 4.78 is 5.05. The van der Waals surface area contributed by atoms with Gasteiger partial charge in [-0.2, -0.15) is 0 Å². The lowest BCUT2D eigenvalue weighted by Crippen LogP contribution is -2.17. The molecule has 1 aliphatic rings. The van der Waals surface area contributed by atoms with Crippen LogP contribution in [0, 0.1) is 12.8 Å². The van der Waals surface area contributed by atoms with E-state index >= 15 is 0 Å². The molecular weight excluding hydrogens is 352 g/mol. The minimum atomic E-state index is -0.632. The van der Waals surface area contributed by atoms with Gasteiger partial charge >= 0.3 is 5.97 Å². The van der Waals surface area contributed by atoms with Crippen molar-refractivity contribution in [3.63, 3.8) is 0 Å². The Kier molecular flexibility index (Phi) is 5.08. The fourth-order valence-electron chi connectivity index (χ4n) is 3.04. The molecule has 1 aromatic heterocycles. The van der Waals surface area contributed by atoms with E-state index in [-0.39, 0.29) is 34.8 Å². The molecule has 7 heteroatoms. The molecule has 0 radical (unpaired) electrons. The van der Waals surface area contributed by atoms with Gasteiger partial charge in [0.15, 0.2) is 0 Å². The number of nitrogens with two attached hydrogens (primary N) is 1. The van der Waals surface area contributed by atoms with Crippen molar-refractivity contribution >= 4 is 34.1 Å². The number of ether oxygens (including phenoxy) is 1. The molecule has 1 aliphatic carbocycles. The smallest absolute Gasteiger partial charge is 0.341 e. The highest BCUT2D eigenvalue weighted by molar-refractivity contribution is 7.18. The number of benzene rings is 1. The fraction of sp³-hybridized carbons (Fsp3) is 0.316. The third-order valence-corrected chi connectivity index (χ3v) is 5.66. The van der Waals surface area contributed by atoms with Gasteiger partial charge in [0.25, 0.3) is 5.91 Å². The number of nitrogens with one attached hydrogen (secondary N) is 1. The predicted octanol–water partition coefficient (Wildman–Crippen LogP) is 3.07. The lowest BCUT2D eigenvalue weighted by molar-refractivity contribution is -0.117. The maximum atomic E-state index is 12.6. The molecular formula is C19H20N2O4S. The van der Waals surface area contributed by atoms with Crippen molar-refractivity contribution < 1.29 is 19.1 Å². The van der Waals surface area contributed by atoms with Crippen LogP contribution in [-0.2, 0) is 9.53 Å². The van der Waals surface area contributed by atoms with E-state index in [0.717, 1.165) is 23.3 Å². The Morgan fingerprint density at radius 3 is 2.58 bits per heavy atom. The molecule has 0 spiro atoms. The highest BCUT2D eigenvalue weighted by atomic mass is 32.1. The molecule has 0 saturated heterocycles. The number of amides is 2. The van der Waals surface area contributed by atoms with Crippen LogP contribution in [0.3, 0.4) is 0 Å². The second kappa shape index (κ2) is 7.29. The fourth-order valence-corrected chi connectivity index (χ4v) is 4.09. The summed E-state index contributed by atoms with van der Waals surface area (Å²) in [4.78, 5) is 36.7. The van der Waals surface area contributed by atoms with E-state index in [4.69, 9.17) is 10.5 Å². The third kappa shape index (κ3) is 3.48. The summed E-state index contributed by atoms with van der Waals surface area (Å²) in [6, 6.07) is 9.84. The van der Waals surface area contributed by atoms with Crippen LogP contribution in [0.1, 0.15) is 50.4 Å². The molecule has 26 heavy (non-hydrogen) atoms. The summed E-state index contributed by atoms with van der Waals surface area (Å²) in [6.07, 6.45) is 0.762. The van der Waals surface area contributed by atoms with Crippen molar-refractivity contribution in [3.8, 4) is 0 Å². The zero-order chi connectivity index (χ0) is 18.8. The van der Waals surface area contributed by atoms with E-state index in [9.17, 15) is 14.4 Å². The van der Waals surface area contributed by atoms with Crippen molar-refractivity contribution in [3.05, 3.63) is 51.9 Å². The first-order valence-corrected chi connectivity index (χ1v) is 9.21. The maximum absolute atomic E-state index is 12.6. The van der Waals surface area contributed by atoms with Crippen molar-refractivity contribution in [2.75, 3.05) is 11.9 Å². The quantitative estimate of drug-likeness (QED) is 0.761. The van der Waals surface area contributed by atoms with Crippen LogP contribution in [0.2, 0.25) is 0 Å². The van der Waals surface area contributed by atoms with E-state index in [1.165, 1.54) is 0 Å². The zero-order valence-corrected chi connectivity index (χ0v) is 15.4. The van der Waals surface area contributed by atoms with Gasteiger partial charge in [-0.25, -0.2) is 4.79 Å². The van der Waals surface area contributed by atoms with Gasteiger partial charge in [-0.1, -0.05) is 30.3 Å². The number of carbonyl (C=O) groups excluding carboxylic acids is 3. The number of hydrogen-bond acceptors (Lipinski definition) is 5. The number of rotatable bonds is 6. The lowest BCUT2D eigenvalue weighted by atomic mass is 10.1.